The predicted octanol–water partition coefficient (Wildman–Crippen LogP) is 4.61. The molecule has 0 unspecified atom stereocenters. The Morgan fingerprint density at radius 2 is 1.66 bits per heavy atom. The van der Waals surface area contributed by atoms with Crippen molar-refractivity contribution in [3.8, 4) is 17.2 Å². The molecule has 0 aliphatic carbocycles. The smallest absolute Gasteiger partial charge is 0.338 e. The van der Waals surface area contributed by atoms with Crippen molar-refractivity contribution < 1.29 is 23.7 Å². The highest BCUT2D eigenvalue weighted by atomic mass is 35.5. The van der Waals surface area contributed by atoms with Crippen LogP contribution < -0.4 is 29.1 Å². The fraction of sp³-hybridized carbons (Fsp3) is 0.194. The van der Waals surface area contributed by atoms with E-state index in [0.717, 1.165) is 5.56 Å². The molecule has 210 valence electrons. The third kappa shape index (κ3) is 5.38. The minimum Gasteiger partial charge on any atom is -0.493 e. The van der Waals surface area contributed by atoms with Crippen LogP contribution in [0, 0.1) is 0 Å². The standard InChI is InChI=1S/C31H27ClN2O6S/c1-5-40-30(36)25-26(19-9-7-6-8-10-19)33-31-34(27(25)20-11-13-21(32)14-12-20)29(35)24(41-31)17-18-15-22(37-2)28(39-4)23(16-18)38-3/h6-17,27H,5H2,1-4H3/b24-17-/t27-/m1/s1. The van der Waals surface area contributed by atoms with Crippen molar-refractivity contribution in [2.75, 3.05) is 27.9 Å². The predicted molar refractivity (Wildman–Crippen MR) is 159 cm³/mol. The summed E-state index contributed by atoms with van der Waals surface area (Å²) in [5, 5.41) is 0.536. The van der Waals surface area contributed by atoms with Crippen molar-refractivity contribution in [1.29, 1.82) is 0 Å². The lowest BCUT2D eigenvalue weighted by Gasteiger charge is -2.25. The summed E-state index contributed by atoms with van der Waals surface area (Å²) < 4.78 is 23.9. The van der Waals surface area contributed by atoms with E-state index < -0.39 is 12.0 Å². The molecule has 0 N–H and O–H groups in total. The van der Waals surface area contributed by atoms with Gasteiger partial charge in [0.1, 0.15) is 0 Å². The SMILES string of the molecule is CCOC(=O)C1=C(c2ccccc2)N=c2s/c(=C\c3cc(OC)c(OC)c(OC)c3)c(=O)n2[C@@H]1c1ccc(Cl)cc1. The van der Waals surface area contributed by atoms with Gasteiger partial charge in [0, 0.05) is 10.6 Å². The summed E-state index contributed by atoms with van der Waals surface area (Å²) in [5.41, 5.74) is 2.51. The minimum atomic E-state index is -0.792. The van der Waals surface area contributed by atoms with E-state index in [4.69, 9.17) is 35.5 Å². The van der Waals surface area contributed by atoms with Gasteiger partial charge in [-0.3, -0.25) is 9.36 Å². The van der Waals surface area contributed by atoms with Crippen molar-refractivity contribution in [2.45, 2.75) is 13.0 Å². The van der Waals surface area contributed by atoms with Crippen LogP contribution in [0.25, 0.3) is 11.8 Å². The molecule has 0 bridgehead atoms. The maximum atomic E-state index is 14.1. The third-order valence-corrected chi connectivity index (χ3v) is 7.78. The van der Waals surface area contributed by atoms with E-state index in [1.54, 1.807) is 49.4 Å². The molecule has 4 aromatic rings. The van der Waals surface area contributed by atoms with Crippen LogP contribution in [0.1, 0.15) is 29.7 Å². The van der Waals surface area contributed by atoms with Crippen LogP contribution in [0.2, 0.25) is 5.02 Å². The lowest BCUT2D eigenvalue weighted by atomic mass is 9.93. The number of halogens is 1. The Balaban J connectivity index is 1.81. The molecule has 5 rings (SSSR count). The average Bonchev–Trinajstić information content (AvgIpc) is 3.30. The normalized spacial score (nSPS) is 14.8. The van der Waals surface area contributed by atoms with E-state index in [0.29, 0.717) is 48.4 Å². The van der Waals surface area contributed by atoms with Crippen LogP contribution in [0.4, 0.5) is 0 Å². The van der Waals surface area contributed by atoms with Crippen molar-refractivity contribution in [1.82, 2.24) is 4.57 Å². The van der Waals surface area contributed by atoms with Gasteiger partial charge in [0.2, 0.25) is 5.75 Å². The van der Waals surface area contributed by atoms with Crippen LogP contribution in [0.3, 0.4) is 0 Å². The van der Waals surface area contributed by atoms with E-state index in [9.17, 15) is 9.59 Å². The monoisotopic (exact) mass is 590 g/mol. The van der Waals surface area contributed by atoms with Crippen LogP contribution in [0.5, 0.6) is 17.2 Å². The first-order valence-corrected chi connectivity index (χ1v) is 13.9. The van der Waals surface area contributed by atoms with Crippen LogP contribution in [0.15, 0.2) is 82.1 Å². The first-order chi connectivity index (χ1) is 19.9. The number of hydrogen-bond acceptors (Lipinski definition) is 8. The van der Waals surface area contributed by atoms with Gasteiger partial charge in [-0.15, -0.1) is 0 Å². The number of carbonyl (C=O) groups excluding carboxylic acids is 1. The summed E-state index contributed by atoms with van der Waals surface area (Å²) in [5.74, 6) is 0.818. The lowest BCUT2D eigenvalue weighted by molar-refractivity contribution is -0.138. The van der Waals surface area contributed by atoms with Crippen molar-refractivity contribution in [3.63, 3.8) is 0 Å². The molecule has 2 heterocycles. The molecule has 1 aromatic heterocycles. The number of hydrogen-bond donors (Lipinski definition) is 0. The Labute approximate surface area is 245 Å². The largest absolute Gasteiger partial charge is 0.493 e. The quantitative estimate of drug-likeness (QED) is 0.278. The van der Waals surface area contributed by atoms with Crippen LogP contribution in [-0.2, 0) is 9.53 Å². The maximum absolute atomic E-state index is 14.1. The van der Waals surface area contributed by atoms with Gasteiger partial charge in [-0.25, -0.2) is 9.79 Å². The summed E-state index contributed by atoms with van der Waals surface area (Å²) in [6.07, 6.45) is 1.74. The fourth-order valence-electron chi connectivity index (χ4n) is 4.74. The molecule has 8 nitrogen and oxygen atoms in total. The Bertz CT molecular complexity index is 1790. The summed E-state index contributed by atoms with van der Waals surface area (Å²) >= 11 is 7.42. The second-order valence-corrected chi connectivity index (χ2v) is 10.4. The van der Waals surface area contributed by atoms with E-state index in [1.165, 1.54) is 37.2 Å². The molecule has 1 aliphatic heterocycles. The van der Waals surface area contributed by atoms with Gasteiger partial charge in [-0.2, -0.15) is 0 Å². The van der Waals surface area contributed by atoms with Gasteiger partial charge in [0.15, 0.2) is 16.3 Å². The van der Waals surface area contributed by atoms with E-state index in [2.05, 4.69) is 0 Å². The molecular weight excluding hydrogens is 564 g/mol. The van der Waals surface area contributed by atoms with Crippen molar-refractivity contribution in [3.05, 3.63) is 114 Å². The van der Waals surface area contributed by atoms with Crippen molar-refractivity contribution >= 4 is 40.7 Å². The zero-order valence-corrected chi connectivity index (χ0v) is 24.4. The van der Waals surface area contributed by atoms with Gasteiger partial charge in [0.05, 0.1) is 49.8 Å². The Morgan fingerprint density at radius 1 is 1.00 bits per heavy atom. The number of benzene rings is 3. The third-order valence-electron chi connectivity index (χ3n) is 6.54. The number of nitrogens with zero attached hydrogens (tertiary/aromatic N) is 2. The first-order valence-electron chi connectivity index (χ1n) is 12.7. The van der Waals surface area contributed by atoms with Crippen LogP contribution in [-0.4, -0.2) is 38.5 Å². The molecule has 0 saturated heterocycles. The second-order valence-electron chi connectivity index (χ2n) is 8.94. The summed E-state index contributed by atoms with van der Waals surface area (Å²) in [7, 11) is 4.59. The fourth-order valence-corrected chi connectivity index (χ4v) is 5.86. The van der Waals surface area contributed by atoms with Gasteiger partial charge in [0.25, 0.3) is 5.56 Å². The van der Waals surface area contributed by atoms with Gasteiger partial charge >= 0.3 is 5.97 Å². The number of fused-ring (bicyclic) bond motifs is 1. The zero-order chi connectivity index (χ0) is 29.1. The highest BCUT2D eigenvalue weighted by Gasteiger charge is 2.35. The van der Waals surface area contributed by atoms with E-state index in [1.807, 2.05) is 30.3 Å². The Kier molecular flexibility index (Phi) is 8.28. The topological polar surface area (TPSA) is 88.4 Å². The van der Waals surface area contributed by atoms with E-state index >= 15 is 0 Å². The van der Waals surface area contributed by atoms with Gasteiger partial charge in [-0.1, -0.05) is 65.4 Å². The molecule has 1 atom stereocenters. The van der Waals surface area contributed by atoms with Gasteiger partial charge < -0.3 is 18.9 Å². The number of esters is 1. The van der Waals surface area contributed by atoms with E-state index in [-0.39, 0.29) is 17.7 Å². The molecule has 0 amide bonds. The van der Waals surface area contributed by atoms with Gasteiger partial charge in [-0.05, 0) is 48.4 Å². The Morgan fingerprint density at radius 3 is 2.24 bits per heavy atom. The summed E-state index contributed by atoms with van der Waals surface area (Å²) in [6, 6.07) is 19.2. The highest BCUT2D eigenvalue weighted by molar-refractivity contribution is 7.07. The maximum Gasteiger partial charge on any atom is 0.338 e. The van der Waals surface area contributed by atoms with Crippen LogP contribution >= 0.6 is 22.9 Å². The minimum absolute atomic E-state index is 0.170. The molecule has 0 spiro atoms. The average molecular weight is 591 g/mol. The first kappa shape index (κ1) is 28.2. The number of thiazole rings is 1. The number of rotatable bonds is 8. The number of carbonyl (C=O) groups is 1. The lowest BCUT2D eigenvalue weighted by Crippen LogP contribution is -2.40. The molecular formula is C31H27ClN2O6S. The number of methoxy groups -OCH3 is 3. The molecule has 3 aromatic carbocycles. The number of aromatic nitrogens is 1. The second kappa shape index (κ2) is 12.0. The molecule has 0 fully saturated rings. The molecule has 0 radical (unpaired) electrons. The summed E-state index contributed by atoms with van der Waals surface area (Å²) in [4.78, 5) is 32.9. The molecule has 10 heteroatoms. The molecule has 41 heavy (non-hydrogen) atoms. The van der Waals surface area contributed by atoms with Crippen molar-refractivity contribution in [2.24, 2.45) is 4.99 Å². The molecule has 0 saturated carbocycles. The summed E-state index contributed by atoms with van der Waals surface area (Å²) in [6.45, 7) is 1.91. The highest BCUT2D eigenvalue weighted by Crippen LogP contribution is 2.39. The molecule has 1 aliphatic rings. The number of ether oxygens (including phenoxy) is 4. The zero-order valence-electron chi connectivity index (χ0n) is 22.8. The Hall–Kier alpha value is -4.34.